The molecule has 0 atom stereocenters. The van der Waals surface area contributed by atoms with E-state index in [-0.39, 0.29) is 0 Å². The van der Waals surface area contributed by atoms with E-state index in [1.165, 1.54) is 16.7 Å². The monoisotopic (exact) mass is 286 g/mol. The molecule has 0 amide bonds. The maximum absolute atomic E-state index is 5.56. The van der Waals surface area contributed by atoms with Crippen LogP contribution in [0.1, 0.15) is 16.7 Å². The van der Waals surface area contributed by atoms with Crippen LogP contribution in [0.15, 0.2) is 24.3 Å². The molecule has 2 rings (SSSR count). The molecule has 2 aromatic carbocycles. The first kappa shape index (κ1) is 15.2. The lowest BCUT2D eigenvalue weighted by Gasteiger charge is -2.19. The summed E-state index contributed by atoms with van der Waals surface area (Å²) in [5, 5.41) is 0. The van der Waals surface area contributed by atoms with Crippen molar-refractivity contribution in [3.63, 3.8) is 0 Å². The molecule has 0 aliphatic heterocycles. The SMILES string of the molecule is COc1cc(OC)c(-c2c(C)cc(C)cc2C)c(OC)c1. The summed E-state index contributed by atoms with van der Waals surface area (Å²) >= 11 is 0. The predicted molar refractivity (Wildman–Crippen MR) is 85.7 cm³/mol. The molecule has 0 heterocycles. The smallest absolute Gasteiger partial charge is 0.134 e. The fourth-order valence-electron chi connectivity index (χ4n) is 2.83. The fraction of sp³-hybridized carbons (Fsp3) is 0.333. The zero-order chi connectivity index (χ0) is 15.6. The number of hydrogen-bond acceptors (Lipinski definition) is 3. The topological polar surface area (TPSA) is 27.7 Å². The molecule has 0 aromatic heterocycles. The van der Waals surface area contributed by atoms with Gasteiger partial charge in [-0.15, -0.1) is 0 Å². The average molecular weight is 286 g/mol. The van der Waals surface area contributed by atoms with Crippen molar-refractivity contribution in [1.29, 1.82) is 0 Å². The van der Waals surface area contributed by atoms with E-state index in [1.54, 1.807) is 21.3 Å². The van der Waals surface area contributed by atoms with E-state index in [2.05, 4.69) is 32.9 Å². The van der Waals surface area contributed by atoms with Crippen molar-refractivity contribution >= 4 is 0 Å². The van der Waals surface area contributed by atoms with Crippen molar-refractivity contribution in [2.75, 3.05) is 21.3 Å². The summed E-state index contributed by atoms with van der Waals surface area (Å²) in [5.41, 5.74) is 5.77. The molecule has 0 unspecified atom stereocenters. The van der Waals surface area contributed by atoms with Gasteiger partial charge in [0.05, 0.1) is 26.9 Å². The van der Waals surface area contributed by atoms with E-state index in [1.807, 2.05) is 12.1 Å². The van der Waals surface area contributed by atoms with E-state index >= 15 is 0 Å². The minimum absolute atomic E-state index is 0.717. The second-order valence-electron chi connectivity index (χ2n) is 5.18. The number of aryl methyl sites for hydroxylation is 3. The minimum atomic E-state index is 0.717. The molecule has 3 nitrogen and oxygen atoms in total. The van der Waals surface area contributed by atoms with Crippen LogP contribution >= 0.6 is 0 Å². The largest absolute Gasteiger partial charge is 0.496 e. The molecule has 0 saturated heterocycles. The molecule has 0 saturated carbocycles. The summed E-state index contributed by atoms with van der Waals surface area (Å²) in [6.45, 7) is 6.32. The number of rotatable bonds is 4. The maximum atomic E-state index is 5.56. The second-order valence-corrected chi connectivity index (χ2v) is 5.18. The summed E-state index contributed by atoms with van der Waals surface area (Å²) < 4.78 is 16.4. The summed E-state index contributed by atoms with van der Waals surface area (Å²) in [6, 6.07) is 8.12. The first-order chi connectivity index (χ1) is 10.0. The Hall–Kier alpha value is -2.16. The molecule has 0 aliphatic carbocycles. The van der Waals surface area contributed by atoms with E-state index < -0.39 is 0 Å². The highest BCUT2D eigenvalue weighted by Gasteiger charge is 2.18. The standard InChI is InChI=1S/C18H22O3/c1-11-7-12(2)17(13(3)8-11)18-15(20-5)9-14(19-4)10-16(18)21-6/h7-10H,1-6H3. The van der Waals surface area contributed by atoms with Crippen molar-refractivity contribution in [2.45, 2.75) is 20.8 Å². The van der Waals surface area contributed by atoms with Crippen molar-refractivity contribution < 1.29 is 14.2 Å². The van der Waals surface area contributed by atoms with Gasteiger partial charge >= 0.3 is 0 Å². The van der Waals surface area contributed by atoms with E-state index in [9.17, 15) is 0 Å². The van der Waals surface area contributed by atoms with Crippen LogP contribution in [0.25, 0.3) is 11.1 Å². The number of hydrogen-bond donors (Lipinski definition) is 0. The lowest BCUT2D eigenvalue weighted by Crippen LogP contribution is -1.98. The van der Waals surface area contributed by atoms with Crippen LogP contribution < -0.4 is 14.2 Å². The Labute approximate surface area is 126 Å². The Morgan fingerprint density at radius 2 is 1.10 bits per heavy atom. The molecule has 112 valence electrons. The Balaban J connectivity index is 2.79. The highest BCUT2D eigenvalue weighted by atomic mass is 16.5. The molecule has 0 fully saturated rings. The van der Waals surface area contributed by atoms with Gasteiger partial charge in [-0.25, -0.2) is 0 Å². The van der Waals surface area contributed by atoms with E-state index in [4.69, 9.17) is 14.2 Å². The normalized spacial score (nSPS) is 10.4. The van der Waals surface area contributed by atoms with Gasteiger partial charge in [0.2, 0.25) is 0 Å². The van der Waals surface area contributed by atoms with Crippen LogP contribution in [0.4, 0.5) is 0 Å². The molecular weight excluding hydrogens is 264 g/mol. The number of methoxy groups -OCH3 is 3. The summed E-state index contributed by atoms with van der Waals surface area (Å²) in [5.74, 6) is 2.22. The van der Waals surface area contributed by atoms with Crippen LogP contribution in [0, 0.1) is 20.8 Å². The molecule has 21 heavy (non-hydrogen) atoms. The van der Waals surface area contributed by atoms with Gasteiger partial charge in [-0.1, -0.05) is 17.7 Å². The van der Waals surface area contributed by atoms with Gasteiger partial charge in [-0.3, -0.25) is 0 Å². The second kappa shape index (κ2) is 6.08. The molecule has 0 aliphatic rings. The molecule has 2 aromatic rings. The van der Waals surface area contributed by atoms with Crippen molar-refractivity contribution in [2.24, 2.45) is 0 Å². The van der Waals surface area contributed by atoms with Crippen LogP contribution in [0.2, 0.25) is 0 Å². The maximum Gasteiger partial charge on any atom is 0.134 e. The van der Waals surface area contributed by atoms with Gasteiger partial charge < -0.3 is 14.2 Å². The average Bonchev–Trinajstić information content (AvgIpc) is 2.45. The summed E-state index contributed by atoms with van der Waals surface area (Å²) in [6.07, 6.45) is 0. The Morgan fingerprint density at radius 1 is 0.619 bits per heavy atom. The van der Waals surface area contributed by atoms with Crippen molar-refractivity contribution in [1.82, 2.24) is 0 Å². The third kappa shape index (κ3) is 2.82. The van der Waals surface area contributed by atoms with Gasteiger partial charge in [-0.05, 0) is 37.5 Å². The van der Waals surface area contributed by atoms with Gasteiger partial charge in [0.15, 0.2) is 0 Å². The summed E-state index contributed by atoms with van der Waals surface area (Å²) in [7, 11) is 4.96. The fourth-order valence-corrected chi connectivity index (χ4v) is 2.83. The van der Waals surface area contributed by atoms with Crippen LogP contribution in [0.5, 0.6) is 17.2 Å². The van der Waals surface area contributed by atoms with E-state index in [0.717, 1.165) is 28.4 Å². The van der Waals surface area contributed by atoms with Crippen LogP contribution in [-0.2, 0) is 0 Å². The van der Waals surface area contributed by atoms with E-state index in [0.29, 0.717) is 0 Å². The zero-order valence-corrected chi connectivity index (χ0v) is 13.5. The number of ether oxygens (including phenoxy) is 3. The zero-order valence-electron chi connectivity index (χ0n) is 13.5. The van der Waals surface area contributed by atoms with Crippen molar-refractivity contribution in [3.05, 3.63) is 41.0 Å². The first-order valence-electron chi connectivity index (χ1n) is 6.90. The summed E-state index contributed by atoms with van der Waals surface area (Å²) in [4.78, 5) is 0. The molecule has 0 spiro atoms. The number of benzene rings is 2. The van der Waals surface area contributed by atoms with Gasteiger partial charge in [0.1, 0.15) is 17.2 Å². The van der Waals surface area contributed by atoms with Crippen molar-refractivity contribution in [3.8, 4) is 28.4 Å². The molecule has 0 bridgehead atoms. The highest BCUT2D eigenvalue weighted by Crippen LogP contribution is 2.44. The van der Waals surface area contributed by atoms with Gasteiger partial charge in [0.25, 0.3) is 0 Å². The lowest BCUT2D eigenvalue weighted by atomic mass is 9.92. The van der Waals surface area contributed by atoms with Gasteiger partial charge in [-0.2, -0.15) is 0 Å². The molecule has 0 radical (unpaired) electrons. The predicted octanol–water partition coefficient (Wildman–Crippen LogP) is 4.30. The first-order valence-corrected chi connectivity index (χ1v) is 6.90. The Bertz CT molecular complexity index is 611. The lowest BCUT2D eigenvalue weighted by molar-refractivity contribution is 0.377. The molecular formula is C18H22O3. The third-order valence-corrected chi connectivity index (χ3v) is 3.64. The third-order valence-electron chi connectivity index (χ3n) is 3.64. The minimum Gasteiger partial charge on any atom is -0.496 e. The van der Waals surface area contributed by atoms with Crippen LogP contribution in [-0.4, -0.2) is 21.3 Å². The Kier molecular flexibility index (Phi) is 4.41. The molecule has 0 N–H and O–H groups in total. The van der Waals surface area contributed by atoms with Gasteiger partial charge in [0, 0.05) is 12.1 Å². The highest BCUT2D eigenvalue weighted by molar-refractivity contribution is 5.82. The van der Waals surface area contributed by atoms with Crippen LogP contribution in [0.3, 0.4) is 0 Å². The molecule has 3 heteroatoms. The Morgan fingerprint density at radius 3 is 1.48 bits per heavy atom. The quantitative estimate of drug-likeness (QED) is 0.838.